The fraction of sp³-hybridized carbons (Fsp3) is 0.429. The fourth-order valence-electron chi connectivity index (χ4n) is 2.07. The van der Waals surface area contributed by atoms with Crippen LogP contribution in [0, 0.1) is 5.82 Å². The molecule has 1 aromatic carbocycles. The third-order valence-corrected chi connectivity index (χ3v) is 3.25. The summed E-state index contributed by atoms with van der Waals surface area (Å²) in [6.07, 6.45) is 0.195. The maximum absolute atomic E-state index is 13.1. The van der Waals surface area contributed by atoms with Gasteiger partial charge in [0.05, 0.1) is 18.8 Å². The lowest BCUT2D eigenvalue weighted by molar-refractivity contribution is -0.135. The summed E-state index contributed by atoms with van der Waals surface area (Å²) >= 11 is 0. The standard InChI is InChI=1S/C14H18FN3O3/c15-10-1-2-12(16)11(9-10)14(20)17-4-3-13(19)18-5-7-21-8-6-18/h1-2,9H,3-8,16H2,(H,17,20). The van der Waals surface area contributed by atoms with Crippen LogP contribution in [0.4, 0.5) is 10.1 Å². The molecule has 1 saturated heterocycles. The average Bonchev–Trinajstić information content (AvgIpc) is 2.50. The van der Waals surface area contributed by atoms with Crippen LogP contribution in [0.15, 0.2) is 18.2 Å². The van der Waals surface area contributed by atoms with Crippen LogP contribution in [-0.2, 0) is 9.53 Å². The van der Waals surface area contributed by atoms with Gasteiger partial charge in [0.15, 0.2) is 0 Å². The Labute approximate surface area is 122 Å². The summed E-state index contributed by atoms with van der Waals surface area (Å²) in [6.45, 7) is 2.41. The van der Waals surface area contributed by atoms with Gasteiger partial charge in [-0.25, -0.2) is 4.39 Å². The topological polar surface area (TPSA) is 84.7 Å². The van der Waals surface area contributed by atoms with Crippen molar-refractivity contribution in [2.45, 2.75) is 6.42 Å². The Bertz CT molecular complexity index is 530. The molecule has 3 N–H and O–H groups in total. The summed E-state index contributed by atoms with van der Waals surface area (Å²) < 4.78 is 18.3. The Morgan fingerprint density at radius 2 is 2.05 bits per heavy atom. The molecule has 0 radical (unpaired) electrons. The van der Waals surface area contributed by atoms with E-state index in [2.05, 4.69) is 5.32 Å². The third-order valence-electron chi connectivity index (χ3n) is 3.25. The number of benzene rings is 1. The van der Waals surface area contributed by atoms with E-state index >= 15 is 0 Å². The van der Waals surface area contributed by atoms with E-state index in [0.717, 1.165) is 6.07 Å². The summed E-state index contributed by atoms with van der Waals surface area (Å²) in [4.78, 5) is 25.4. The van der Waals surface area contributed by atoms with Crippen LogP contribution < -0.4 is 11.1 Å². The molecule has 21 heavy (non-hydrogen) atoms. The van der Waals surface area contributed by atoms with Crippen molar-refractivity contribution >= 4 is 17.5 Å². The zero-order chi connectivity index (χ0) is 15.2. The summed E-state index contributed by atoms with van der Waals surface area (Å²) in [5.41, 5.74) is 5.90. The summed E-state index contributed by atoms with van der Waals surface area (Å²) in [6, 6.07) is 3.60. The minimum absolute atomic E-state index is 0.0363. The molecule has 6 nitrogen and oxygen atoms in total. The van der Waals surface area contributed by atoms with E-state index in [9.17, 15) is 14.0 Å². The summed E-state index contributed by atoms with van der Waals surface area (Å²) in [5, 5.41) is 2.57. The van der Waals surface area contributed by atoms with Gasteiger partial charge in [0.2, 0.25) is 5.91 Å². The third kappa shape index (κ3) is 4.16. The van der Waals surface area contributed by atoms with Gasteiger partial charge in [0.1, 0.15) is 5.82 Å². The van der Waals surface area contributed by atoms with Gasteiger partial charge in [0, 0.05) is 31.7 Å². The molecular formula is C14H18FN3O3. The Morgan fingerprint density at radius 1 is 1.33 bits per heavy atom. The number of carbonyl (C=O) groups is 2. The number of hydrogen-bond donors (Lipinski definition) is 2. The van der Waals surface area contributed by atoms with Gasteiger partial charge in [-0.3, -0.25) is 9.59 Å². The maximum atomic E-state index is 13.1. The highest BCUT2D eigenvalue weighted by Gasteiger charge is 2.17. The van der Waals surface area contributed by atoms with Crippen LogP contribution in [0.3, 0.4) is 0 Å². The van der Waals surface area contributed by atoms with Crippen molar-refractivity contribution in [3.05, 3.63) is 29.6 Å². The molecular weight excluding hydrogens is 277 g/mol. The molecule has 0 unspecified atom stereocenters. The largest absolute Gasteiger partial charge is 0.398 e. The van der Waals surface area contributed by atoms with Gasteiger partial charge in [0.25, 0.3) is 5.91 Å². The van der Waals surface area contributed by atoms with Gasteiger partial charge < -0.3 is 20.7 Å². The highest BCUT2D eigenvalue weighted by molar-refractivity contribution is 5.99. The van der Waals surface area contributed by atoms with Crippen LogP contribution in [0.25, 0.3) is 0 Å². The minimum Gasteiger partial charge on any atom is -0.398 e. The summed E-state index contributed by atoms with van der Waals surface area (Å²) in [7, 11) is 0. The van der Waals surface area contributed by atoms with Crippen LogP contribution in [0.5, 0.6) is 0 Å². The lowest BCUT2D eigenvalue weighted by Crippen LogP contribution is -2.42. The molecule has 2 amide bonds. The number of rotatable bonds is 4. The van der Waals surface area contributed by atoms with Crippen molar-refractivity contribution in [3.8, 4) is 0 Å². The van der Waals surface area contributed by atoms with Gasteiger partial charge >= 0.3 is 0 Å². The lowest BCUT2D eigenvalue weighted by Gasteiger charge is -2.26. The number of anilines is 1. The number of nitrogens with two attached hydrogens (primary N) is 1. The Balaban J connectivity index is 1.81. The molecule has 1 aliphatic rings. The molecule has 1 heterocycles. The van der Waals surface area contributed by atoms with Crippen LogP contribution in [-0.4, -0.2) is 49.6 Å². The Kier molecular flexibility index (Phi) is 5.10. The zero-order valence-electron chi connectivity index (χ0n) is 11.6. The first-order chi connectivity index (χ1) is 10.1. The number of nitrogens with zero attached hydrogens (tertiary/aromatic N) is 1. The quantitative estimate of drug-likeness (QED) is 0.787. The van der Waals surface area contributed by atoms with E-state index in [1.54, 1.807) is 4.90 Å². The van der Waals surface area contributed by atoms with Crippen molar-refractivity contribution in [1.29, 1.82) is 0 Å². The number of carbonyl (C=O) groups excluding carboxylic acids is 2. The van der Waals surface area contributed by atoms with E-state index in [-0.39, 0.29) is 30.1 Å². The molecule has 114 valence electrons. The SMILES string of the molecule is Nc1ccc(F)cc1C(=O)NCCC(=O)N1CCOCC1. The van der Waals surface area contributed by atoms with Crippen LogP contribution >= 0.6 is 0 Å². The number of amides is 2. The number of ether oxygens (including phenoxy) is 1. The number of nitrogens with one attached hydrogen (secondary N) is 1. The van der Waals surface area contributed by atoms with Gasteiger partial charge in [-0.2, -0.15) is 0 Å². The second-order valence-electron chi connectivity index (χ2n) is 4.73. The molecule has 0 saturated carbocycles. The number of hydrogen-bond acceptors (Lipinski definition) is 4. The molecule has 1 aliphatic heterocycles. The van der Waals surface area contributed by atoms with E-state index in [1.165, 1.54) is 12.1 Å². The second kappa shape index (κ2) is 7.03. The molecule has 1 aromatic rings. The first kappa shape index (κ1) is 15.2. The van der Waals surface area contributed by atoms with Crippen LogP contribution in [0.1, 0.15) is 16.8 Å². The van der Waals surface area contributed by atoms with E-state index in [4.69, 9.17) is 10.5 Å². The second-order valence-corrected chi connectivity index (χ2v) is 4.73. The molecule has 0 aliphatic carbocycles. The fourth-order valence-corrected chi connectivity index (χ4v) is 2.07. The lowest BCUT2D eigenvalue weighted by atomic mass is 10.1. The molecule has 2 rings (SSSR count). The van der Waals surface area contributed by atoms with Crippen molar-refractivity contribution in [2.75, 3.05) is 38.6 Å². The van der Waals surface area contributed by atoms with Crippen molar-refractivity contribution < 1.29 is 18.7 Å². The number of nitrogen functional groups attached to an aromatic ring is 1. The molecule has 0 bridgehead atoms. The monoisotopic (exact) mass is 295 g/mol. The van der Waals surface area contributed by atoms with Crippen molar-refractivity contribution in [3.63, 3.8) is 0 Å². The molecule has 7 heteroatoms. The predicted molar refractivity (Wildman–Crippen MR) is 75.2 cm³/mol. The number of halogens is 1. The first-order valence-electron chi connectivity index (χ1n) is 6.76. The predicted octanol–water partition coefficient (Wildman–Crippen LogP) is 0.387. The van der Waals surface area contributed by atoms with E-state index in [1.807, 2.05) is 0 Å². The first-order valence-corrected chi connectivity index (χ1v) is 6.76. The van der Waals surface area contributed by atoms with Gasteiger partial charge in [-0.1, -0.05) is 0 Å². The Hall–Kier alpha value is -2.15. The zero-order valence-corrected chi connectivity index (χ0v) is 11.6. The molecule has 0 aromatic heterocycles. The number of morpholine rings is 1. The van der Waals surface area contributed by atoms with Crippen molar-refractivity contribution in [1.82, 2.24) is 10.2 Å². The normalized spacial score (nSPS) is 14.8. The highest BCUT2D eigenvalue weighted by Crippen LogP contribution is 2.13. The minimum atomic E-state index is -0.529. The van der Waals surface area contributed by atoms with Gasteiger partial charge in [-0.15, -0.1) is 0 Å². The highest BCUT2D eigenvalue weighted by atomic mass is 19.1. The maximum Gasteiger partial charge on any atom is 0.253 e. The van der Waals surface area contributed by atoms with E-state index < -0.39 is 11.7 Å². The average molecular weight is 295 g/mol. The van der Waals surface area contributed by atoms with Crippen LogP contribution in [0.2, 0.25) is 0 Å². The molecule has 0 atom stereocenters. The Morgan fingerprint density at radius 3 is 2.76 bits per heavy atom. The van der Waals surface area contributed by atoms with E-state index in [0.29, 0.717) is 26.3 Å². The molecule has 0 spiro atoms. The summed E-state index contributed by atoms with van der Waals surface area (Å²) in [5.74, 6) is -1.05. The van der Waals surface area contributed by atoms with Gasteiger partial charge in [-0.05, 0) is 18.2 Å². The smallest absolute Gasteiger partial charge is 0.253 e. The molecule has 1 fully saturated rings. The van der Waals surface area contributed by atoms with Crippen molar-refractivity contribution in [2.24, 2.45) is 0 Å².